The van der Waals surface area contributed by atoms with E-state index in [0.29, 0.717) is 24.4 Å². The Labute approximate surface area is 128 Å². The Morgan fingerprint density at radius 2 is 2.15 bits per heavy atom. The molecule has 0 aliphatic carbocycles. The minimum Gasteiger partial charge on any atom is -0.335 e. The van der Waals surface area contributed by atoms with E-state index in [1.54, 1.807) is 0 Å². The molecule has 2 bridgehead atoms. The smallest absolute Gasteiger partial charge is 0.223 e. The Kier molecular flexibility index (Phi) is 4.41. The van der Waals surface area contributed by atoms with Gasteiger partial charge in [0.2, 0.25) is 5.91 Å². The third-order valence-electron chi connectivity index (χ3n) is 4.46. The monoisotopic (exact) mass is 336 g/mol. The second-order valence-electron chi connectivity index (χ2n) is 5.81. The van der Waals surface area contributed by atoms with Crippen LogP contribution in [0, 0.1) is 0 Å². The zero-order chi connectivity index (χ0) is 13.9. The van der Waals surface area contributed by atoms with Crippen molar-refractivity contribution in [3.8, 4) is 0 Å². The van der Waals surface area contributed by atoms with Crippen LogP contribution in [-0.2, 0) is 11.2 Å². The van der Waals surface area contributed by atoms with Gasteiger partial charge in [-0.1, -0.05) is 28.1 Å². The lowest BCUT2D eigenvalue weighted by Gasteiger charge is -2.28. The van der Waals surface area contributed by atoms with Crippen LogP contribution < -0.4 is 5.32 Å². The van der Waals surface area contributed by atoms with Crippen LogP contribution in [0.5, 0.6) is 0 Å². The highest BCUT2D eigenvalue weighted by molar-refractivity contribution is 9.10. The minimum atomic E-state index is 0.334. The first kappa shape index (κ1) is 14.1. The number of fused-ring (bicyclic) bond motifs is 2. The van der Waals surface area contributed by atoms with E-state index in [1.807, 2.05) is 12.1 Å². The van der Waals surface area contributed by atoms with Gasteiger partial charge < -0.3 is 10.2 Å². The molecule has 1 N–H and O–H groups in total. The first-order valence-corrected chi connectivity index (χ1v) is 8.29. The molecule has 2 aliphatic rings. The number of nitrogens with zero attached hydrogens (tertiary/aromatic N) is 1. The van der Waals surface area contributed by atoms with E-state index in [4.69, 9.17) is 0 Å². The lowest BCUT2D eigenvalue weighted by atomic mass is 10.1. The maximum absolute atomic E-state index is 12.6. The lowest BCUT2D eigenvalue weighted by molar-refractivity contribution is -0.133. The van der Waals surface area contributed by atoms with Crippen LogP contribution in [0.25, 0.3) is 0 Å². The Morgan fingerprint density at radius 1 is 1.30 bits per heavy atom. The second-order valence-corrected chi connectivity index (χ2v) is 6.72. The number of nitrogens with one attached hydrogen (secondary N) is 1. The number of benzene rings is 1. The van der Waals surface area contributed by atoms with Crippen LogP contribution in [0.15, 0.2) is 28.7 Å². The van der Waals surface area contributed by atoms with Crippen LogP contribution in [0.4, 0.5) is 0 Å². The summed E-state index contributed by atoms with van der Waals surface area (Å²) in [5, 5.41) is 3.44. The van der Waals surface area contributed by atoms with E-state index in [2.05, 4.69) is 38.3 Å². The molecule has 0 radical (unpaired) electrons. The van der Waals surface area contributed by atoms with Gasteiger partial charge in [0.25, 0.3) is 0 Å². The summed E-state index contributed by atoms with van der Waals surface area (Å²) in [7, 11) is 0. The van der Waals surface area contributed by atoms with Crippen molar-refractivity contribution in [2.24, 2.45) is 0 Å². The molecule has 3 nitrogen and oxygen atoms in total. The number of hydrogen-bond acceptors (Lipinski definition) is 2. The summed E-state index contributed by atoms with van der Waals surface area (Å²) < 4.78 is 1.08. The fourth-order valence-corrected chi connectivity index (χ4v) is 3.91. The lowest BCUT2D eigenvalue weighted by Crippen LogP contribution is -2.42. The number of halogens is 1. The summed E-state index contributed by atoms with van der Waals surface area (Å²) in [6, 6.07) is 9.15. The van der Waals surface area contributed by atoms with Crippen molar-refractivity contribution in [2.45, 2.75) is 44.2 Å². The summed E-state index contributed by atoms with van der Waals surface area (Å²) in [4.78, 5) is 14.7. The first-order valence-electron chi connectivity index (χ1n) is 7.50. The summed E-state index contributed by atoms with van der Waals surface area (Å²) in [5.41, 5.74) is 1.23. The summed E-state index contributed by atoms with van der Waals surface area (Å²) in [6.45, 7) is 2.02. The van der Waals surface area contributed by atoms with Crippen molar-refractivity contribution in [2.75, 3.05) is 13.1 Å². The molecule has 0 aromatic heterocycles. The number of amides is 1. The van der Waals surface area contributed by atoms with Crippen LogP contribution >= 0.6 is 15.9 Å². The molecule has 2 unspecified atom stereocenters. The number of rotatable bonds is 3. The average Bonchev–Trinajstić information content (AvgIpc) is 2.69. The highest BCUT2D eigenvalue weighted by Gasteiger charge is 2.37. The summed E-state index contributed by atoms with van der Waals surface area (Å²) >= 11 is 3.48. The molecule has 2 atom stereocenters. The number of hydrogen-bond donors (Lipinski definition) is 1. The van der Waals surface area contributed by atoms with Crippen molar-refractivity contribution in [3.05, 3.63) is 34.3 Å². The fourth-order valence-electron chi connectivity index (χ4n) is 3.46. The van der Waals surface area contributed by atoms with Crippen LogP contribution in [-0.4, -0.2) is 36.0 Å². The zero-order valence-corrected chi connectivity index (χ0v) is 13.2. The van der Waals surface area contributed by atoms with Crippen LogP contribution in [0.3, 0.4) is 0 Å². The van der Waals surface area contributed by atoms with Crippen LogP contribution in [0.2, 0.25) is 0 Å². The molecule has 1 aromatic rings. The highest BCUT2D eigenvalue weighted by atomic mass is 79.9. The Balaban J connectivity index is 1.61. The summed E-state index contributed by atoms with van der Waals surface area (Å²) in [6.07, 6.45) is 4.93. The van der Waals surface area contributed by atoms with Gasteiger partial charge in [0, 0.05) is 29.5 Å². The summed E-state index contributed by atoms with van der Waals surface area (Å²) in [5.74, 6) is 0.334. The van der Waals surface area contributed by atoms with Gasteiger partial charge in [0.05, 0.1) is 0 Å². The Hall–Kier alpha value is -0.870. The number of carbonyl (C=O) groups excluding carboxylic acids is 1. The van der Waals surface area contributed by atoms with E-state index in [-0.39, 0.29) is 0 Å². The van der Waals surface area contributed by atoms with E-state index < -0.39 is 0 Å². The molecule has 0 saturated carbocycles. The fraction of sp³-hybridized carbons (Fsp3) is 0.562. The highest BCUT2D eigenvalue weighted by Crippen LogP contribution is 2.28. The third-order valence-corrected chi connectivity index (χ3v) is 4.95. The molecule has 0 spiro atoms. The van der Waals surface area contributed by atoms with Crippen molar-refractivity contribution in [1.82, 2.24) is 10.2 Å². The van der Waals surface area contributed by atoms with Gasteiger partial charge in [-0.25, -0.2) is 0 Å². The Morgan fingerprint density at radius 3 is 3.00 bits per heavy atom. The molecule has 2 aliphatic heterocycles. The molecule has 108 valence electrons. The molecule has 3 rings (SSSR count). The van der Waals surface area contributed by atoms with Crippen molar-refractivity contribution >= 4 is 21.8 Å². The van der Waals surface area contributed by atoms with Gasteiger partial charge in [-0.2, -0.15) is 0 Å². The quantitative estimate of drug-likeness (QED) is 0.920. The minimum absolute atomic E-state index is 0.334. The molecule has 4 heteroatoms. The van der Waals surface area contributed by atoms with Gasteiger partial charge in [-0.3, -0.25) is 4.79 Å². The molecular weight excluding hydrogens is 316 g/mol. The maximum atomic E-state index is 12.6. The molecule has 1 amide bonds. The second kappa shape index (κ2) is 6.27. The third kappa shape index (κ3) is 3.07. The van der Waals surface area contributed by atoms with E-state index in [9.17, 15) is 4.79 Å². The SMILES string of the molecule is O=C(CCc1cccc(Br)c1)N1C2CCNCC1CC2. The standard InChI is InChI=1S/C16H21BrN2O/c17-13-3-1-2-12(10-13)4-7-16(20)19-14-5-6-15(19)11-18-9-8-14/h1-3,10,14-15,18H,4-9,11H2. The Bertz CT molecular complexity index is 477. The molecule has 20 heavy (non-hydrogen) atoms. The van der Waals surface area contributed by atoms with Gasteiger partial charge in [-0.15, -0.1) is 0 Å². The van der Waals surface area contributed by atoms with E-state index in [0.717, 1.165) is 30.4 Å². The van der Waals surface area contributed by atoms with E-state index in [1.165, 1.54) is 18.4 Å². The van der Waals surface area contributed by atoms with Crippen molar-refractivity contribution < 1.29 is 4.79 Å². The number of aryl methyl sites for hydroxylation is 1. The van der Waals surface area contributed by atoms with Crippen molar-refractivity contribution in [3.63, 3.8) is 0 Å². The topological polar surface area (TPSA) is 32.3 Å². The van der Waals surface area contributed by atoms with Crippen LogP contribution in [0.1, 0.15) is 31.2 Å². The molecule has 2 heterocycles. The molecule has 2 saturated heterocycles. The number of carbonyl (C=O) groups is 1. The molecule has 1 aromatic carbocycles. The largest absolute Gasteiger partial charge is 0.335 e. The maximum Gasteiger partial charge on any atom is 0.223 e. The molecule has 2 fully saturated rings. The van der Waals surface area contributed by atoms with Gasteiger partial charge in [0.1, 0.15) is 0 Å². The van der Waals surface area contributed by atoms with Crippen molar-refractivity contribution in [1.29, 1.82) is 0 Å². The zero-order valence-electron chi connectivity index (χ0n) is 11.6. The predicted octanol–water partition coefficient (Wildman–Crippen LogP) is 2.73. The first-order chi connectivity index (χ1) is 9.74. The van der Waals surface area contributed by atoms with E-state index >= 15 is 0 Å². The normalized spacial score (nSPS) is 25.6. The van der Waals surface area contributed by atoms with Gasteiger partial charge >= 0.3 is 0 Å². The van der Waals surface area contributed by atoms with Gasteiger partial charge in [-0.05, 0) is 49.9 Å². The van der Waals surface area contributed by atoms with Gasteiger partial charge in [0.15, 0.2) is 0 Å². The molecular formula is C16H21BrN2O. The predicted molar refractivity (Wildman–Crippen MR) is 83.6 cm³/mol. The average molecular weight is 337 g/mol.